The summed E-state index contributed by atoms with van der Waals surface area (Å²) in [7, 11) is 1.74. The van der Waals surface area contributed by atoms with Gasteiger partial charge in [0.1, 0.15) is 0 Å². The number of carboxylic acid groups (broad SMARTS) is 1. The fourth-order valence-electron chi connectivity index (χ4n) is 3.40. The number of amides is 2. The Balaban J connectivity index is 1.69. The average Bonchev–Trinajstić information content (AvgIpc) is 2.99. The van der Waals surface area contributed by atoms with E-state index in [9.17, 15) is 14.4 Å². The quantitative estimate of drug-likeness (QED) is 0.886. The number of rotatable bonds is 3. The lowest BCUT2D eigenvalue weighted by Crippen LogP contribution is -2.34. The second kappa shape index (κ2) is 6.02. The number of aliphatic carboxylic acids is 1. The van der Waals surface area contributed by atoms with E-state index in [4.69, 9.17) is 5.11 Å². The van der Waals surface area contributed by atoms with Gasteiger partial charge in [-0.25, -0.2) is 0 Å². The van der Waals surface area contributed by atoms with Gasteiger partial charge >= 0.3 is 5.97 Å². The molecule has 2 amide bonds. The number of carbonyl (C=O) groups excluding carboxylic acids is 2. The number of aryl methyl sites for hydroxylation is 1. The third-order valence-electron chi connectivity index (χ3n) is 4.80. The number of fused-ring (bicyclic) bond motifs is 1. The molecule has 1 heterocycles. The van der Waals surface area contributed by atoms with Crippen LogP contribution in [0.5, 0.6) is 0 Å². The van der Waals surface area contributed by atoms with Crippen molar-refractivity contribution >= 4 is 23.5 Å². The molecule has 1 aliphatic carbocycles. The number of benzene rings is 1. The highest BCUT2D eigenvalue weighted by atomic mass is 16.4. The summed E-state index contributed by atoms with van der Waals surface area (Å²) in [6.07, 6.45) is 2.90. The molecule has 1 aromatic carbocycles. The third kappa shape index (κ3) is 3.06. The number of hydrogen-bond acceptors (Lipinski definition) is 3. The molecule has 0 radical (unpaired) electrons. The maximum Gasteiger partial charge on any atom is 0.306 e. The lowest BCUT2D eigenvalue weighted by atomic mass is 9.98. The van der Waals surface area contributed by atoms with Crippen LogP contribution in [0, 0.1) is 5.92 Å². The van der Waals surface area contributed by atoms with Crippen LogP contribution in [0.1, 0.15) is 41.6 Å². The van der Waals surface area contributed by atoms with E-state index in [-0.39, 0.29) is 23.8 Å². The first-order valence-corrected chi connectivity index (χ1v) is 7.89. The fraction of sp³-hybridized carbons (Fsp3) is 0.471. The predicted molar refractivity (Wildman–Crippen MR) is 84.4 cm³/mol. The van der Waals surface area contributed by atoms with Crippen molar-refractivity contribution in [2.24, 2.45) is 5.92 Å². The largest absolute Gasteiger partial charge is 0.481 e. The van der Waals surface area contributed by atoms with Crippen LogP contribution in [-0.2, 0) is 16.0 Å². The Bertz CT molecular complexity index is 671. The summed E-state index contributed by atoms with van der Waals surface area (Å²) >= 11 is 0. The first-order valence-electron chi connectivity index (χ1n) is 7.89. The molecule has 23 heavy (non-hydrogen) atoms. The average molecular weight is 316 g/mol. The standard InChI is InChI=1S/C17H20N2O4/c1-19-14-6-3-11(8-10(14)4-7-15(19)20)16(21)18-13-5-2-12(9-13)17(22)23/h3,6,8,12-13H,2,4-5,7,9H2,1H3,(H,18,21)(H,22,23)/t12-,13+/m1/s1. The molecule has 0 saturated heterocycles. The van der Waals surface area contributed by atoms with E-state index < -0.39 is 5.97 Å². The summed E-state index contributed by atoms with van der Waals surface area (Å²) < 4.78 is 0. The molecule has 1 aromatic rings. The van der Waals surface area contributed by atoms with Crippen molar-refractivity contribution in [2.75, 3.05) is 11.9 Å². The van der Waals surface area contributed by atoms with Gasteiger partial charge < -0.3 is 15.3 Å². The minimum atomic E-state index is -0.789. The van der Waals surface area contributed by atoms with Crippen LogP contribution in [0.3, 0.4) is 0 Å². The predicted octanol–water partition coefficient (Wildman–Crippen LogP) is 1.58. The van der Waals surface area contributed by atoms with Crippen molar-refractivity contribution < 1.29 is 19.5 Å². The lowest BCUT2D eigenvalue weighted by Gasteiger charge is -2.26. The van der Waals surface area contributed by atoms with Crippen molar-refractivity contribution in [3.8, 4) is 0 Å². The second-order valence-corrected chi connectivity index (χ2v) is 6.31. The molecule has 3 rings (SSSR count). The zero-order chi connectivity index (χ0) is 16.6. The lowest BCUT2D eigenvalue weighted by molar-refractivity contribution is -0.141. The van der Waals surface area contributed by atoms with E-state index >= 15 is 0 Å². The van der Waals surface area contributed by atoms with E-state index in [2.05, 4.69) is 5.32 Å². The van der Waals surface area contributed by atoms with E-state index in [1.54, 1.807) is 24.1 Å². The number of hydrogen-bond donors (Lipinski definition) is 2. The highest BCUT2D eigenvalue weighted by Gasteiger charge is 2.31. The normalized spacial score (nSPS) is 23.5. The Morgan fingerprint density at radius 1 is 1.26 bits per heavy atom. The van der Waals surface area contributed by atoms with Crippen LogP contribution in [0.25, 0.3) is 0 Å². The monoisotopic (exact) mass is 316 g/mol. The first kappa shape index (κ1) is 15.5. The smallest absolute Gasteiger partial charge is 0.306 e. The zero-order valence-electron chi connectivity index (χ0n) is 13.0. The number of nitrogens with one attached hydrogen (secondary N) is 1. The molecule has 6 nitrogen and oxygen atoms in total. The summed E-state index contributed by atoms with van der Waals surface area (Å²) in [6.45, 7) is 0. The van der Waals surface area contributed by atoms with Crippen molar-refractivity contribution in [2.45, 2.75) is 38.1 Å². The molecule has 1 saturated carbocycles. The van der Waals surface area contributed by atoms with Crippen molar-refractivity contribution in [1.29, 1.82) is 0 Å². The third-order valence-corrected chi connectivity index (χ3v) is 4.80. The van der Waals surface area contributed by atoms with E-state index in [0.717, 1.165) is 11.3 Å². The van der Waals surface area contributed by atoms with Gasteiger partial charge in [0.15, 0.2) is 0 Å². The molecular weight excluding hydrogens is 296 g/mol. The van der Waals surface area contributed by atoms with Gasteiger partial charge in [0.2, 0.25) is 5.91 Å². The number of carbonyl (C=O) groups is 3. The number of carboxylic acids is 1. The van der Waals surface area contributed by atoms with Crippen LogP contribution >= 0.6 is 0 Å². The zero-order valence-corrected chi connectivity index (χ0v) is 13.0. The minimum Gasteiger partial charge on any atom is -0.481 e. The summed E-state index contributed by atoms with van der Waals surface area (Å²) in [4.78, 5) is 36.7. The Morgan fingerprint density at radius 3 is 2.74 bits per heavy atom. The molecular formula is C17H20N2O4. The Morgan fingerprint density at radius 2 is 2.04 bits per heavy atom. The molecule has 0 unspecified atom stereocenters. The van der Waals surface area contributed by atoms with Crippen molar-refractivity contribution in [1.82, 2.24) is 5.32 Å². The Kier molecular flexibility index (Phi) is 4.07. The molecule has 122 valence electrons. The van der Waals surface area contributed by atoms with Gasteiger partial charge in [-0.2, -0.15) is 0 Å². The van der Waals surface area contributed by atoms with Crippen LogP contribution in [-0.4, -0.2) is 36.0 Å². The highest BCUT2D eigenvalue weighted by molar-refractivity contribution is 5.99. The molecule has 2 aliphatic rings. The first-order chi connectivity index (χ1) is 11.0. The van der Waals surface area contributed by atoms with Gasteiger partial charge in [-0.05, 0) is 49.4 Å². The topological polar surface area (TPSA) is 86.7 Å². The maximum atomic E-state index is 12.4. The van der Waals surface area contributed by atoms with Gasteiger partial charge in [-0.15, -0.1) is 0 Å². The molecule has 2 atom stereocenters. The molecule has 2 N–H and O–H groups in total. The molecule has 0 aromatic heterocycles. The van der Waals surface area contributed by atoms with Gasteiger partial charge in [-0.1, -0.05) is 0 Å². The summed E-state index contributed by atoms with van der Waals surface area (Å²) in [5.74, 6) is -1.24. The maximum absolute atomic E-state index is 12.4. The van der Waals surface area contributed by atoms with Crippen LogP contribution in [0.2, 0.25) is 0 Å². The van der Waals surface area contributed by atoms with E-state index in [0.29, 0.717) is 37.7 Å². The summed E-state index contributed by atoms with van der Waals surface area (Å²) in [5, 5.41) is 11.9. The molecule has 1 aliphatic heterocycles. The number of nitrogens with zero attached hydrogens (tertiary/aromatic N) is 1. The summed E-state index contributed by atoms with van der Waals surface area (Å²) in [5.41, 5.74) is 2.41. The van der Waals surface area contributed by atoms with E-state index in [1.165, 1.54) is 0 Å². The van der Waals surface area contributed by atoms with E-state index in [1.807, 2.05) is 6.07 Å². The minimum absolute atomic E-state index is 0.0797. The molecule has 6 heteroatoms. The van der Waals surface area contributed by atoms with Crippen molar-refractivity contribution in [3.63, 3.8) is 0 Å². The Labute approximate surface area is 134 Å². The Hall–Kier alpha value is -2.37. The molecule has 1 fully saturated rings. The SMILES string of the molecule is CN1C(=O)CCc2cc(C(=O)N[C@H]3CC[C@@H](C(=O)O)C3)ccc21. The van der Waals surface area contributed by atoms with Crippen LogP contribution < -0.4 is 10.2 Å². The van der Waals surface area contributed by atoms with Gasteiger partial charge in [0.25, 0.3) is 5.91 Å². The van der Waals surface area contributed by atoms with Crippen LogP contribution in [0.4, 0.5) is 5.69 Å². The summed E-state index contributed by atoms with van der Waals surface area (Å²) in [6, 6.07) is 5.27. The fourth-order valence-corrected chi connectivity index (χ4v) is 3.40. The number of anilines is 1. The molecule has 0 bridgehead atoms. The molecule has 0 spiro atoms. The van der Waals surface area contributed by atoms with Gasteiger partial charge in [0, 0.05) is 30.8 Å². The van der Waals surface area contributed by atoms with Crippen LogP contribution in [0.15, 0.2) is 18.2 Å². The van der Waals surface area contributed by atoms with Gasteiger partial charge in [0.05, 0.1) is 5.92 Å². The van der Waals surface area contributed by atoms with Crippen molar-refractivity contribution in [3.05, 3.63) is 29.3 Å². The van der Waals surface area contributed by atoms with Gasteiger partial charge in [-0.3, -0.25) is 14.4 Å². The second-order valence-electron chi connectivity index (χ2n) is 6.31. The highest BCUT2D eigenvalue weighted by Crippen LogP contribution is 2.28.